The highest BCUT2D eigenvalue weighted by Crippen LogP contribution is 2.29. The molecule has 0 saturated carbocycles. The number of ether oxygens (including phenoxy) is 1. The lowest BCUT2D eigenvalue weighted by Crippen LogP contribution is -2.38. The van der Waals surface area contributed by atoms with Crippen LogP contribution in [-0.4, -0.2) is 43.4 Å². The molecule has 0 aromatic heterocycles. The van der Waals surface area contributed by atoms with Crippen molar-refractivity contribution in [2.45, 2.75) is 51.6 Å². The van der Waals surface area contributed by atoms with Crippen molar-refractivity contribution in [3.05, 3.63) is 66.7 Å². The van der Waals surface area contributed by atoms with Gasteiger partial charge in [0.05, 0.1) is 6.61 Å². The molecule has 0 bridgehead atoms. The van der Waals surface area contributed by atoms with Gasteiger partial charge in [0.2, 0.25) is 0 Å². The highest BCUT2D eigenvalue weighted by Gasteiger charge is 2.23. The molecule has 0 radical (unpaired) electrons. The van der Waals surface area contributed by atoms with Gasteiger partial charge in [0, 0.05) is 25.7 Å². The lowest BCUT2D eigenvalue weighted by atomic mass is 9.98. The van der Waals surface area contributed by atoms with Crippen LogP contribution in [0.15, 0.2) is 61.2 Å². The van der Waals surface area contributed by atoms with E-state index in [-0.39, 0.29) is 19.1 Å². The SMILES string of the molecule is C=CCO[C@@H](Cc1ccc(-c2ccccc2)cc1N(C)C(=O)NCCCCCCC)C(=O)O. The van der Waals surface area contributed by atoms with Crippen LogP contribution in [0.1, 0.15) is 44.6 Å². The molecule has 2 amide bonds. The van der Waals surface area contributed by atoms with Gasteiger partial charge in [-0.05, 0) is 29.2 Å². The molecule has 2 aromatic carbocycles. The van der Waals surface area contributed by atoms with Crippen LogP contribution < -0.4 is 10.2 Å². The minimum absolute atomic E-state index is 0.141. The van der Waals surface area contributed by atoms with E-state index in [1.807, 2.05) is 48.5 Å². The lowest BCUT2D eigenvalue weighted by Gasteiger charge is -2.24. The number of carbonyl (C=O) groups is 2. The number of nitrogens with one attached hydrogen (secondary N) is 1. The Morgan fingerprint density at radius 1 is 1.09 bits per heavy atom. The summed E-state index contributed by atoms with van der Waals surface area (Å²) in [6.45, 7) is 6.52. The highest BCUT2D eigenvalue weighted by molar-refractivity contribution is 5.93. The molecule has 178 valence electrons. The Morgan fingerprint density at radius 2 is 1.82 bits per heavy atom. The third-order valence-electron chi connectivity index (χ3n) is 5.51. The van der Waals surface area contributed by atoms with Gasteiger partial charge in [-0.15, -0.1) is 6.58 Å². The van der Waals surface area contributed by atoms with E-state index in [0.29, 0.717) is 12.2 Å². The van der Waals surface area contributed by atoms with Gasteiger partial charge >= 0.3 is 12.0 Å². The molecule has 2 N–H and O–H groups in total. The van der Waals surface area contributed by atoms with E-state index in [1.54, 1.807) is 11.9 Å². The van der Waals surface area contributed by atoms with Crippen LogP contribution in [0.25, 0.3) is 11.1 Å². The summed E-state index contributed by atoms with van der Waals surface area (Å²) in [6.07, 6.45) is 6.23. The van der Waals surface area contributed by atoms with Crippen molar-refractivity contribution in [1.29, 1.82) is 0 Å². The van der Waals surface area contributed by atoms with E-state index in [2.05, 4.69) is 18.8 Å². The second-order valence-corrected chi connectivity index (χ2v) is 8.07. The standard InChI is InChI=1S/C27H36N2O4/c1-4-6-7-8-12-17-28-27(32)29(3)24-19-22(21-13-10-9-11-14-21)15-16-23(24)20-25(26(30)31)33-18-5-2/h5,9-11,13-16,19,25H,2,4,6-8,12,17-18,20H2,1,3H3,(H,28,32)(H,30,31)/t25-/m0/s1. The molecule has 33 heavy (non-hydrogen) atoms. The van der Waals surface area contributed by atoms with E-state index in [9.17, 15) is 14.7 Å². The molecule has 0 aliphatic rings. The van der Waals surface area contributed by atoms with Gasteiger partial charge in [0.1, 0.15) is 0 Å². The maximum Gasteiger partial charge on any atom is 0.333 e. The molecular weight excluding hydrogens is 416 g/mol. The quantitative estimate of drug-likeness (QED) is 0.286. The predicted octanol–water partition coefficient (Wildman–Crippen LogP) is 5.67. The van der Waals surface area contributed by atoms with Crippen molar-refractivity contribution in [3.63, 3.8) is 0 Å². The molecule has 0 fully saturated rings. The van der Waals surface area contributed by atoms with Crippen LogP contribution in [-0.2, 0) is 16.0 Å². The third kappa shape index (κ3) is 8.39. The number of unbranched alkanes of at least 4 members (excludes halogenated alkanes) is 4. The minimum Gasteiger partial charge on any atom is -0.479 e. The first-order valence-electron chi connectivity index (χ1n) is 11.6. The molecule has 6 nitrogen and oxygen atoms in total. The number of nitrogens with zero attached hydrogens (tertiary/aromatic N) is 1. The van der Waals surface area contributed by atoms with Crippen LogP contribution in [0.4, 0.5) is 10.5 Å². The maximum atomic E-state index is 12.9. The van der Waals surface area contributed by atoms with Crippen molar-refractivity contribution in [3.8, 4) is 11.1 Å². The van der Waals surface area contributed by atoms with E-state index < -0.39 is 12.1 Å². The Kier molecular flexibility index (Phi) is 11.2. The summed E-state index contributed by atoms with van der Waals surface area (Å²) in [5.41, 5.74) is 3.36. The first kappa shape index (κ1) is 26.1. The third-order valence-corrected chi connectivity index (χ3v) is 5.51. The van der Waals surface area contributed by atoms with Crippen molar-refractivity contribution in [1.82, 2.24) is 5.32 Å². The number of anilines is 1. The summed E-state index contributed by atoms with van der Waals surface area (Å²) in [5.74, 6) is -1.05. The number of hydrogen-bond acceptors (Lipinski definition) is 3. The first-order chi connectivity index (χ1) is 16.0. The van der Waals surface area contributed by atoms with Crippen molar-refractivity contribution in [2.75, 3.05) is 25.1 Å². The molecule has 0 aliphatic carbocycles. The van der Waals surface area contributed by atoms with Gasteiger partial charge in [0.15, 0.2) is 6.10 Å². The highest BCUT2D eigenvalue weighted by atomic mass is 16.5. The number of carboxylic acids is 1. The van der Waals surface area contributed by atoms with Gasteiger partial charge < -0.3 is 15.2 Å². The number of hydrogen-bond donors (Lipinski definition) is 2. The van der Waals surface area contributed by atoms with Gasteiger partial charge in [-0.2, -0.15) is 0 Å². The molecule has 2 rings (SSSR count). The summed E-state index contributed by atoms with van der Waals surface area (Å²) in [4.78, 5) is 26.1. The van der Waals surface area contributed by atoms with Crippen LogP contribution in [0, 0.1) is 0 Å². The average Bonchev–Trinajstić information content (AvgIpc) is 2.83. The van der Waals surface area contributed by atoms with Crippen LogP contribution in [0.3, 0.4) is 0 Å². The molecule has 0 unspecified atom stereocenters. The van der Waals surface area contributed by atoms with Crippen LogP contribution in [0.2, 0.25) is 0 Å². The number of amides is 2. The fourth-order valence-corrected chi connectivity index (χ4v) is 3.61. The fourth-order valence-electron chi connectivity index (χ4n) is 3.61. The zero-order valence-corrected chi connectivity index (χ0v) is 19.8. The monoisotopic (exact) mass is 452 g/mol. The predicted molar refractivity (Wildman–Crippen MR) is 134 cm³/mol. The summed E-state index contributed by atoms with van der Waals surface area (Å²) in [5, 5.41) is 12.6. The summed E-state index contributed by atoms with van der Waals surface area (Å²) < 4.78 is 5.44. The molecular formula is C27H36N2O4. The Bertz CT molecular complexity index is 898. The lowest BCUT2D eigenvalue weighted by molar-refractivity contribution is -0.149. The second-order valence-electron chi connectivity index (χ2n) is 8.07. The van der Waals surface area contributed by atoms with Crippen LogP contribution >= 0.6 is 0 Å². The van der Waals surface area contributed by atoms with Crippen molar-refractivity contribution < 1.29 is 19.4 Å². The molecule has 0 spiro atoms. The average molecular weight is 453 g/mol. The number of urea groups is 1. The van der Waals surface area contributed by atoms with E-state index in [1.165, 1.54) is 25.3 Å². The number of benzene rings is 2. The van der Waals surface area contributed by atoms with Gasteiger partial charge in [0.25, 0.3) is 0 Å². The first-order valence-corrected chi connectivity index (χ1v) is 11.6. The van der Waals surface area contributed by atoms with Crippen molar-refractivity contribution in [2.24, 2.45) is 0 Å². The van der Waals surface area contributed by atoms with Gasteiger partial charge in [-0.3, -0.25) is 4.90 Å². The summed E-state index contributed by atoms with van der Waals surface area (Å²) >= 11 is 0. The largest absolute Gasteiger partial charge is 0.479 e. The van der Waals surface area contributed by atoms with E-state index in [0.717, 1.165) is 29.5 Å². The van der Waals surface area contributed by atoms with E-state index in [4.69, 9.17) is 4.74 Å². The molecule has 0 heterocycles. The van der Waals surface area contributed by atoms with Crippen LogP contribution in [0.5, 0.6) is 0 Å². The number of carbonyl (C=O) groups excluding carboxylic acids is 1. The Balaban J connectivity index is 2.24. The molecule has 0 aliphatic heterocycles. The zero-order chi connectivity index (χ0) is 24.1. The Labute approximate surface area is 197 Å². The number of carboxylic acid groups (broad SMARTS) is 1. The number of aliphatic carboxylic acids is 1. The number of rotatable bonds is 14. The van der Waals surface area contributed by atoms with Crippen molar-refractivity contribution >= 4 is 17.7 Å². The maximum absolute atomic E-state index is 12.9. The Hall–Kier alpha value is -3.12. The minimum atomic E-state index is -1.05. The molecule has 1 atom stereocenters. The smallest absolute Gasteiger partial charge is 0.333 e. The summed E-state index contributed by atoms with van der Waals surface area (Å²) in [6, 6.07) is 15.4. The molecule has 2 aromatic rings. The zero-order valence-electron chi connectivity index (χ0n) is 19.8. The summed E-state index contributed by atoms with van der Waals surface area (Å²) in [7, 11) is 1.71. The molecule has 6 heteroatoms. The van der Waals surface area contributed by atoms with Gasteiger partial charge in [-0.25, -0.2) is 9.59 Å². The normalized spacial score (nSPS) is 11.6. The topological polar surface area (TPSA) is 78.9 Å². The fraction of sp³-hybridized carbons (Fsp3) is 0.407. The van der Waals surface area contributed by atoms with Gasteiger partial charge in [-0.1, -0.05) is 81.1 Å². The Morgan fingerprint density at radius 3 is 2.48 bits per heavy atom. The van der Waals surface area contributed by atoms with E-state index >= 15 is 0 Å². The molecule has 0 saturated heterocycles. The second kappa shape index (κ2) is 14.1.